The molecule has 8 heteroatoms. The maximum Gasteiger partial charge on any atom is 0.270 e. The van der Waals surface area contributed by atoms with Crippen LogP contribution in [0.3, 0.4) is 0 Å². The van der Waals surface area contributed by atoms with Gasteiger partial charge in [0, 0.05) is 34.9 Å². The second kappa shape index (κ2) is 8.45. The van der Waals surface area contributed by atoms with Crippen molar-refractivity contribution in [3.63, 3.8) is 0 Å². The third kappa shape index (κ3) is 4.63. The number of pyridine rings is 1. The van der Waals surface area contributed by atoms with Crippen LogP contribution in [0.1, 0.15) is 32.7 Å². The summed E-state index contributed by atoms with van der Waals surface area (Å²) in [5, 5.41) is -0.165. The number of hydrogen-bond donors (Lipinski definition) is 2. The number of rotatable bonds is 6. The Bertz CT molecular complexity index is 1130. The second-order valence-electron chi connectivity index (χ2n) is 6.46. The van der Waals surface area contributed by atoms with Crippen LogP contribution >= 0.6 is 11.6 Å². The number of aromatic nitrogens is 1. The fourth-order valence-corrected chi connectivity index (χ4v) is 3.07. The van der Waals surface area contributed by atoms with Gasteiger partial charge in [-0.1, -0.05) is 23.7 Å². The quantitative estimate of drug-likeness (QED) is 0.637. The summed E-state index contributed by atoms with van der Waals surface area (Å²) in [6.45, 7) is 1.46. The number of halogens is 3. The van der Waals surface area contributed by atoms with Crippen LogP contribution < -0.4 is 16.0 Å². The Morgan fingerprint density at radius 2 is 1.86 bits per heavy atom. The molecule has 1 heterocycles. The minimum atomic E-state index is -0.758. The Morgan fingerprint density at radius 1 is 1.17 bits per heavy atom. The molecule has 0 unspecified atom stereocenters. The van der Waals surface area contributed by atoms with Crippen molar-refractivity contribution in [1.29, 1.82) is 0 Å². The lowest BCUT2D eigenvalue weighted by Gasteiger charge is -2.16. The molecule has 0 radical (unpaired) electrons. The zero-order valence-electron chi connectivity index (χ0n) is 15.4. The van der Waals surface area contributed by atoms with Crippen molar-refractivity contribution in [2.45, 2.75) is 20.0 Å². The molecule has 3 aromatic rings. The third-order valence-corrected chi connectivity index (χ3v) is 4.78. The maximum absolute atomic E-state index is 13.9. The van der Waals surface area contributed by atoms with Gasteiger partial charge in [0.05, 0.1) is 0 Å². The molecule has 3 N–H and O–H groups in total. The van der Waals surface area contributed by atoms with Crippen LogP contribution in [0.25, 0.3) is 0 Å². The SMILES string of the molecule is Cc1[nH]c(=O)c(Cl)c(OCc2ccc(F)cc2F)c1Cc1ccc(C(N)=O)cc1. The van der Waals surface area contributed by atoms with Gasteiger partial charge in [-0.25, -0.2) is 8.78 Å². The van der Waals surface area contributed by atoms with Crippen molar-refractivity contribution in [1.82, 2.24) is 4.98 Å². The predicted molar refractivity (Wildman–Crippen MR) is 105 cm³/mol. The number of nitrogens with one attached hydrogen (secondary N) is 1. The van der Waals surface area contributed by atoms with E-state index in [9.17, 15) is 18.4 Å². The van der Waals surface area contributed by atoms with Crippen LogP contribution in [-0.2, 0) is 13.0 Å². The molecule has 2 aromatic carbocycles. The molecule has 0 bridgehead atoms. The topological polar surface area (TPSA) is 85.2 Å². The highest BCUT2D eigenvalue weighted by molar-refractivity contribution is 6.32. The van der Waals surface area contributed by atoms with Gasteiger partial charge in [-0.05, 0) is 36.8 Å². The molecule has 5 nitrogen and oxygen atoms in total. The first kappa shape index (κ1) is 20.5. The number of carbonyl (C=O) groups is 1. The second-order valence-corrected chi connectivity index (χ2v) is 6.84. The zero-order valence-corrected chi connectivity index (χ0v) is 16.1. The first-order valence-corrected chi connectivity index (χ1v) is 9.00. The van der Waals surface area contributed by atoms with Crippen LogP contribution in [-0.4, -0.2) is 10.9 Å². The van der Waals surface area contributed by atoms with Crippen LogP contribution in [0.15, 0.2) is 47.3 Å². The van der Waals surface area contributed by atoms with Crippen molar-refractivity contribution in [2.24, 2.45) is 5.73 Å². The molecule has 0 aliphatic rings. The normalized spacial score (nSPS) is 10.8. The van der Waals surface area contributed by atoms with Gasteiger partial charge in [-0.15, -0.1) is 0 Å². The Balaban J connectivity index is 1.93. The molecule has 1 amide bonds. The summed E-state index contributed by atoms with van der Waals surface area (Å²) in [4.78, 5) is 25.9. The number of nitrogens with two attached hydrogens (primary N) is 1. The van der Waals surface area contributed by atoms with Crippen molar-refractivity contribution >= 4 is 17.5 Å². The lowest BCUT2D eigenvalue weighted by atomic mass is 10.0. The highest BCUT2D eigenvalue weighted by atomic mass is 35.5. The number of hydrogen-bond acceptors (Lipinski definition) is 3. The first-order chi connectivity index (χ1) is 13.8. The number of benzene rings is 2. The number of amides is 1. The molecule has 0 fully saturated rings. The fourth-order valence-electron chi connectivity index (χ4n) is 2.85. The van der Waals surface area contributed by atoms with Gasteiger partial charge in [0.2, 0.25) is 5.91 Å². The Kier molecular flexibility index (Phi) is 5.98. The number of aromatic amines is 1. The number of primary amides is 1. The number of ether oxygens (including phenoxy) is 1. The molecule has 0 aliphatic heterocycles. The van der Waals surface area contributed by atoms with E-state index in [1.165, 1.54) is 6.07 Å². The van der Waals surface area contributed by atoms with Crippen LogP contribution in [0.4, 0.5) is 8.78 Å². The van der Waals surface area contributed by atoms with E-state index in [1.807, 2.05) is 0 Å². The molecule has 0 saturated carbocycles. The largest absolute Gasteiger partial charge is 0.487 e. The summed E-state index contributed by atoms with van der Waals surface area (Å²) in [5.74, 6) is -1.87. The average molecular weight is 419 g/mol. The average Bonchev–Trinajstić information content (AvgIpc) is 2.67. The van der Waals surface area contributed by atoms with Gasteiger partial charge in [0.25, 0.3) is 5.56 Å². The summed E-state index contributed by atoms with van der Waals surface area (Å²) < 4.78 is 32.7. The van der Waals surface area contributed by atoms with Crippen molar-refractivity contribution in [3.05, 3.63) is 97.4 Å². The smallest absolute Gasteiger partial charge is 0.270 e. The Labute approximate surface area is 170 Å². The Hall–Kier alpha value is -3.19. The predicted octanol–water partition coefficient (Wildman–Crippen LogP) is 3.88. The molecule has 0 saturated heterocycles. The van der Waals surface area contributed by atoms with E-state index in [1.54, 1.807) is 31.2 Å². The summed E-state index contributed by atoms with van der Waals surface area (Å²) in [7, 11) is 0. The Morgan fingerprint density at radius 3 is 2.48 bits per heavy atom. The molecule has 0 aliphatic carbocycles. The molecule has 29 heavy (non-hydrogen) atoms. The monoisotopic (exact) mass is 418 g/mol. The van der Waals surface area contributed by atoms with E-state index in [2.05, 4.69) is 4.98 Å². The number of aryl methyl sites for hydroxylation is 1. The van der Waals surface area contributed by atoms with E-state index in [4.69, 9.17) is 22.1 Å². The van der Waals surface area contributed by atoms with E-state index >= 15 is 0 Å². The summed E-state index contributed by atoms with van der Waals surface area (Å²) >= 11 is 6.15. The third-order valence-electron chi connectivity index (χ3n) is 4.43. The van der Waals surface area contributed by atoms with Crippen molar-refractivity contribution in [2.75, 3.05) is 0 Å². The summed E-state index contributed by atoms with van der Waals surface area (Å²) in [6.07, 6.45) is 0.336. The van der Waals surface area contributed by atoms with Gasteiger partial charge >= 0.3 is 0 Å². The lowest BCUT2D eigenvalue weighted by molar-refractivity contribution is 0.100. The van der Waals surface area contributed by atoms with Gasteiger partial charge in [-0.2, -0.15) is 0 Å². The standard InChI is InChI=1S/C21H17ClF2N2O3/c1-11-16(8-12-2-4-13(5-3-12)20(25)27)19(18(22)21(28)26-11)29-10-14-6-7-15(23)9-17(14)24/h2-7,9H,8,10H2,1H3,(H2,25,27)(H,26,28). The van der Waals surface area contributed by atoms with E-state index in [0.29, 0.717) is 23.2 Å². The highest BCUT2D eigenvalue weighted by Crippen LogP contribution is 2.30. The molecule has 150 valence electrons. The van der Waals surface area contributed by atoms with E-state index < -0.39 is 23.1 Å². The van der Waals surface area contributed by atoms with Crippen LogP contribution in [0, 0.1) is 18.6 Å². The van der Waals surface area contributed by atoms with E-state index in [0.717, 1.165) is 17.7 Å². The molecular weight excluding hydrogens is 402 g/mol. The van der Waals surface area contributed by atoms with E-state index in [-0.39, 0.29) is 22.9 Å². The fraction of sp³-hybridized carbons (Fsp3) is 0.143. The summed E-state index contributed by atoms with van der Waals surface area (Å²) in [5.41, 5.74) is 7.16. The minimum Gasteiger partial charge on any atom is -0.487 e. The van der Waals surface area contributed by atoms with Crippen molar-refractivity contribution < 1.29 is 18.3 Å². The molecular formula is C21H17ClF2N2O3. The molecule has 3 rings (SSSR count). The van der Waals surface area contributed by atoms with Gasteiger partial charge < -0.3 is 15.5 Å². The maximum atomic E-state index is 13.9. The van der Waals surface area contributed by atoms with Gasteiger partial charge in [0.15, 0.2) is 0 Å². The highest BCUT2D eigenvalue weighted by Gasteiger charge is 2.17. The molecule has 0 spiro atoms. The minimum absolute atomic E-state index is 0.121. The molecule has 1 aromatic heterocycles. The summed E-state index contributed by atoms with van der Waals surface area (Å²) in [6, 6.07) is 9.77. The first-order valence-electron chi connectivity index (χ1n) is 8.63. The number of H-pyrrole nitrogens is 1. The number of carbonyl (C=O) groups excluding carboxylic acids is 1. The zero-order chi connectivity index (χ0) is 21.1. The van der Waals surface area contributed by atoms with Gasteiger partial charge in [0.1, 0.15) is 29.0 Å². The van der Waals surface area contributed by atoms with Crippen molar-refractivity contribution in [3.8, 4) is 5.75 Å². The van der Waals surface area contributed by atoms with Crippen LogP contribution in [0.2, 0.25) is 5.02 Å². The lowest BCUT2D eigenvalue weighted by Crippen LogP contribution is -2.15. The molecule has 0 atom stereocenters. The van der Waals surface area contributed by atoms with Gasteiger partial charge in [-0.3, -0.25) is 9.59 Å². The van der Waals surface area contributed by atoms with Crippen LogP contribution in [0.5, 0.6) is 5.75 Å².